The van der Waals surface area contributed by atoms with E-state index in [0.29, 0.717) is 32.1 Å². The number of carbonyl (C=O) groups excluding carboxylic acids is 1. The fraction of sp³-hybridized carbons (Fsp3) is 0.923. The average Bonchev–Trinajstić information content (AvgIpc) is 2.32. The van der Waals surface area contributed by atoms with Crippen LogP contribution >= 0.6 is 23.2 Å². The van der Waals surface area contributed by atoms with E-state index in [4.69, 9.17) is 23.2 Å². The highest BCUT2D eigenvalue weighted by molar-refractivity contribution is 6.24. The molecule has 17 heavy (non-hydrogen) atoms. The van der Waals surface area contributed by atoms with Crippen molar-refractivity contribution in [2.45, 2.75) is 61.9 Å². The maximum atomic E-state index is 13.0. The number of rotatable bonds is 2. The van der Waals surface area contributed by atoms with Crippen LogP contribution in [0.15, 0.2) is 0 Å². The summed E-state index contributed by atoms with van der Waals surface area (Å²) in [5.74, 6) is 0.159. The molecule has 0 aromatic heterocycles. The monoisotopic (exact) mass is 280 g/mol. The quantitative estimate of drug-likeness (QED) is 0.696. The molecule has 3 atom stereocenters. The Kier molecular flexibility index (Phi) is 4.71. The van der Waals surface area contributed by atoms with Gasteiger partial charge in [-0.1, -0.05) is 0 Å². The molecule has 0 saturated heterocycles. The first-order chi connectivity index (χ1) is 8.08. The Bertz CT molecular complexity index is 277. The lowest BCUT2D eigenvalue weighted by atomic mass is 9.76. The van der Waals surface area contributed by atoms with Crippen LogP contribution in [0.3, 0.4) is 0 Å². The molecule has 2 fully saturated rings. The first-order valence-corrected chi connectivity index (χ1v) is 7.41. The van der Waals surface area contributed by atoms with E-state index < -0.39 is 6.17 Å². The predicted molar refractivity (Wildman–Crippen MR) is 68.5 cm³/mol. The molecular weight excluding hydrogens is 262 g/mol. The summed E-state index contributed by atoms with van der Waals surface area (Å²) in [6.07, 6.45) is 4.14. The molecule has 3 unspecified atom stereocenters. The fourth-order valence-electron chi connectivity index (χ4n) is 3.02. The summed E-state index contributed by atoms with van der Waals surface area (Å²) in [7, 11) is 0. The molecule has 0 heterocycles. The molecule has 1 nitrogen and oxygen atoms in total. The lowest BCUT2D eigenvalue weighted by Gasteiger charge is -2.33. The maximum Gasteiger partial charge on any atom is 0.140 e. The summed E-state index contributed by atoms with van der Waals surface area (Å²) in [6.45, 7) is 0. The van der Waals surface area contributed by atoms with Crippen LogP contribution < -0.4 is 0 Å². The van der Waals surface area contributed by atoms with E-state index in [0.717, 1.165) is 12.8 Å². The zero-order valence-corrected chi connectivity index (χ0v) is 11.4. The lowest BCUT2D eigenvalue weighted by Crippen LogP contribution is -2.37. The molecule has 4 heteroatoms. The van der Waals surface area contributed by atoms with Crippen molar-refractivity contribution in [2.24, 2.45) is 11.8 Å². The molecule has 0 bridgehead atoms. The third kappa shape index (κ3) is 3.35. The van der Waals surface area contributed by atoms with Gasteiger partial charge in [0, 0.05) is 22.6 Å². The second kappa shape index (κ2) is 5.88. The van der Waals surface area contributed by atoms with E-state index >= 15 is 0 Å². The van der Waals surface area contributed by atoms with Crippen LogP contribution in [0.1, 0.15) is 44.9 Å². The van der Waals surface area contributed by atoms with Crippen molar-refractivity contribution in [1.82, 2.24) is 0 Å². The zero-order chi connectivity index (χ0) is 12.4. The van der Waals surface area contributed by atoms with Crippen LogP contribution in [0.5, 0.6) is 0 Å². The van der Waals surface area contributed by atoms with Crippen LogP contribution in [0.4, 0.5) is 4.39 Å². The first-order valence-electron chi connectivity index (χ1n) is 6.54. The SMILES string of the molecule is O=C(C1CCC(F)CC1)C1CC(Cl)CCC1Cl. The van der Waals surface area contributed by atoms with Gasteiger partial charge in [-0.2, -0.15) is 0 Å². The van der Waals surface area contributed by atoms with Gasteiger partial charge in [-0.25, -0.2) is 4.39 Å². The van der Waals surface area contributed by atoms with Crippen molar-refractivity contribution in [3.63, 3.8) is 0 Å². The molecule has 98 valence electrons. The van der Waals surface area contributed by atoms with E-state index in [9.17, 15) is 9.18 Å². The Labute approximate surface area is 112 Å². The normalized spacial score (nSPS) is 43.4. The molecule has 0 amide bonds. The molecule has 0 aliphatic heterocycles. The van der Waals surface area contributed by atoms with Crippen molar-refractivity contribution in [2.75, 3.05) is 0 Å². The number of halogens is 3. The third-order valence-electron chi connectivity index (χ3n) is 4.13. The van der Waals surface area contributed by atoms with E-state index in [1.165, 1.54) is 0 Å². The van der Waals surface area contributed by atoms with Crippen LogP contribution in [0, 0.1) is 11.8 Å². The van der Waals surface area contributed by atoms with Gasteiger partial charge in [-0.3, -0.25) is 4.79 Å². The van der Waals surface area contributed by atoms with Crippen molar-refractivity contribution in [1.29, 1.82) is 0 Å². The van der Waals surface area contributed by atoms with Gasteiger partial charge >= 0.3 is 0 Å². The van der Waals surface area contributed by atoms with E-state index in [-0.39, 0.29) is 28.4 Å². The molecule has 0 aromatic carbocycles. The highest BCUT2D eigenvalue weighted by atomic mass is 35.5. The van der Waals surface area contributed by atoms with Crippen LogP contribution in [0.25, 0.3) is 0 Å². The first kappa shape index (κ1) is 13.6. The second-order valence-corrected chi connectivity index (χ2v) is 6.56. The van der Waals surface area contributed by atoms with Crippen molar-refractivity contribution >= 4 is 29.0 Å². The molecule has 0 N–H and O–H groups in total. The van der Waals surface area contributed by atoms with Crippen molar-refractivity contribution < 1.29 is 9.18 Å². The zero-order valence-electron chi connectivity index (χ0n) is 9.88. The molecule has 2 aliphatic rings. The summed E-state index contributed by atoms with van der Waals surface area (Å²) in [6, 6.07) is 0. The number of hydrogen-bond donors (Lipinski definition) is 0. The summed E-state index contributed by atoms with van der Waals surface area (Å²) < 4.78 is 13.0. The van der Waals surface area contributed by atoms with Gasteiger partial charge in [0.25, 0.3) is 0 Å². The minimum Gasteiger partial charge on any atom is -0.299 e. The van der Waals surface area contributed by atoms with Gasteiger partial charge in [0.1, 0.15) is 12.0 Å². The van der Waals surface area contributed by atoms with Crippen molar-refractivity contribution in [3.05, 3.63) is 0 Å². The van der Waals surface area contributed by atoms with E-state index in [1.807, 2.05) is 0 Å². The lowest BCUT2D eigenvalue weighted by molar-refractivity contribution is -0.128. The molecular formula is C13H19Cl2FO. The Balaban J connectivity index is 1.94. The predicted octanol–water partition coefficient (Wildman–Crippen LogP) is 4.10. The van der Waals surface area contributed by atoms with Crippen molar-refractivity contribution in [3.8, 4) is 0 Å². The molecule has 0 aromatic rings. The fourth-order valence-corrected chi connectivity index (χ4v) is 3.69. The summed E-state index contributed by atoms with van der Waals surface area (Å²) >= 11 is 12.3. The topological polar surface area (TPSA) is 17.1 Å². The van der Waals surface area contributed by atoms with E-state index in [1.54, 1.807) is 0 Å². The minimum atomic E-state index is -0.710. The number of hydrogen-bond acceptors (Lipinski definition) is 1. The summed E-state index contributed by atoms with van der Waals surface area (Å²) in [4.78, 5) is 12.4. The van der Waals surface area contributed by atoms with E-state index in [2.05, 4.69) is 0 Å². The second-order valence-electron chi connectivity index (χ2n) is 5.38. The number of carbonyl (C=O) groups is 1. The molecule has 0 radical (unpaired) electrons. The average molecular weight is 281 g/mol. The summed E-state index contributed by atoms with van der Waals surface area (Å²) in [5, 5.41) is 0.0112. The molecule has 2 saturated carbocycles. The van der Waals surface area contributed by atoms with Gasteiger partial charge < -0.3 is 0 Å². The van der Waals surface area contributed by atoms with Gasteiger partial charge in [-0.15, -0.1) is 23.2 Å². The Morgan fingerprint density at radius 2 is 1.65 bits per heavy atom. The molecule has 2 rings (SSSR count). The van der Waals surface area contributed by atoms with Gasteiger partial charge in [0.15, 0.2) is 0 Å². The largest absolute Gasteiger partial charge is 0.299 e. The van der Waals surface area contributed by atoms with Crippen LogP contribution in [0.2, 0.25) is 0 Å². The Hall–Kier alpha value is 0.180. The number of ketones is 1. The highest BCUT2D eigenvalue weighted by Crippen LogP contribution is 2.37. The minimum absolute atomic E-state index is 0.0233. The van der Waals surface area contributed by atoms with Gasteiger partial charge in [-0.05, 0) is 44.9 Å². The highest BCUT2D eigenvalue weighted by Gasteiger charge is 2.37. The standard InChI is InChI=1S/C13H19Cl2FO/c14-9-3-6-12(15)11(7-9)13(17)8-1-4-10(16)5-2-8/h8-12H,1-7H2. The van der Waals surface area contributed by atoms with Crippen LogP contribution in [-0.2, 0) is 4.79 Å². The van der Waals surface area contributed by atoms with Gasteiger partial charge in [0.2, 0.25) is 0 Å². The third-order valence-corrected chi connectivity index (χ3v) is 5.05. The van der Waals surface area contributed by atoms with Crippen LogP contribution in [-0.4, -0.2) is 22.7 Å². The number of Topliss-reactive ketones (excluding diaryl/α,β-unsaturated/α-hetero) is 1. The number of alkyl halides is 3. The Morgan fingerprint density at radius 3 is 2.29 bits per heavy atom. The van der Waals surface area contributed by atoms with Gasteiger partial charge in [0.05, 0.1) is 0 Å². The molecule has 2 aliphatic carbocycles. The Morgan fingerprint density at radius 1 is 1.00 bits per heavy atom. The maximum absolute atomic E-state index is 13.0. The summed E-state index contributed by atoms with van der Waals surface area (Å²) in [5.41, 5.74) is 0. The molecule has 0 spiro atoms. The smallest absolute Gasteiger partial charge is 0.140 e.